The maximum Gasteiger partial charge on any atom is 0.149 e. The van der Waals surface area contributed by atoms with E-state index in [1.54, 1.807) is 12.4 Å². The smallest absolute Gasteiger partial charge is 0.149 e. The number of hydrogen-bond acceptors (Lipinski definition) is 5. The molecule has 5 nitrogen and oxygen atoms in total. The molecule has 18 heavy (non-hydrogen) atoms. The van der Waals surface area contributed by atoms with E-state index in [1.807, 2.05) is 0 Å². The first-order valence-electron chi connectivity index (χ1n) is 6.34. The Hall–Kier alpha value is -0.910. The van der Waals surface area contributed by atoms with Gasteiger partial charge in [0, 0.05) is 19.7 Å². The summed E-state index contributed by atoms with van der Waals surface area (Å²) >= 11 is 5.84. The lowest BCUT2D eigenvalue weighted by Gasteiger charge is -2.32. The number of halogens is 1. The van der Waals surface area contributed by atoms with E-state index < -0.39 is 0 Å². The van der Waals surface area contributed by atoms with Crippen molar-refractivity contribution < 1.29 is 4.74 Å². The van der Waals surface area contributed by atoms with Gasteiger partial charge in [-0.1, -0.05) is 11.6 Å². The van der Waals surface area contributed by atoms with E-state index in [9.17, 15) is 0 Å². The molecule has 2 N–H and O–H groups in total. The van der Waals surface area contributed by atoms with Gasteiger partial charge in [0.05, 0.1) is 18.5 Å². The molecule has 1 aromatic rings. The van der Waals surface area contributed by atoms with E-state index in [1.165, 1.54) is 0 Å². The summed E-state index contributed by atoms with van der Waals surface area (Å²) in [6.45, 7) is 3.32. The van der Waals surface area contributed by atoms with Crippen LogP contribution in [-0.2, 0) is 4.74 Å². The van der Waals surface area contributed by atoms with Crippen molar-refractivity contribution in [2.24, 2.45) is 5.73 Å². The minimum Gasteiger partial charge on any atom is -0.378 e. The molecule has 0 atom stereocenters. The van der Waals surface area contributed by atoms with Crippen LogP contribution in [0.3, 0.4) is 0 Å². The van der Waals surface area contributed by atoms with Crippen molar-refractivity contribution in [2.75, 3.05) is 31.1 Å². The summed E-state index contributed by atoms with van der Waals surface area (Å²) in [7, 11) is 0. The molecule has 2 heterocycles. The van der Waals surface area contributed by atoms with Crippen LogP contribution < -0.4 is 10.6 Å². The second-order valence-corrected chi connectivity index (χ2v) is 4.79. The van der Waals surface area contributed by atoms with Crippen molar-refractivity contribution in [1.29, 1.82) is 0 Å². The molecule has 0 aliphatic carbocycles. The van der Waals surface area contributed by atoms with Gasteiger partial charge < -0.3 is 15.4 Å². The molecule has 1 aromatic heterocycles. The summed E-state index contributed by atoms with van der Waals surface area (Å²) < 4.78 is 5.76. The molecular weight excluding hydrogens is 252 g/mol. The van der Waals surface area contributed by atoms with Crippen LogP contribution in [0.5, 0.6) is 0 Å². The number of nitrogens with zero attached hydrogens (tertiary/aromatic N) is 3. The van der Waals surface area contributed by atoms with Crippen molar-refractivity contribution in [3.05, 3.63) is 17.5 Å². The van der Waals surface area contributed by atoms with Crippen molar-refractivity contribution in [3.63, 3.8) is 0 Å². The highest BCUT2D eigenvalue weighted by molar-refractivity contribution is 6.29. The number of piperidine rings is 1. The number of aromatic nitrogens is 2. The topological polar surface area (TPSA) is 64.3 Å². The fraction of sp³-hybridized carbons (Fsp3) is 0.667. The monoisotopic (exact) mass is 270 g/mol. The Morgan fingerprint density at radius 3 is 2.83 bits per heavy atom. The van der Waals surface area contributed by atoms with Crippen LogP contribution in [-0.4, -0.2) is 42.3 Å². The molecule has 0 radical (unpaired) electrons. The maximum atomic E-state index is 5.84. The van der Waals surface area contributed by atoms with Gasteiger partial charge in [0.1, 0.15) is 11.0 Å². The zero-order valence-electron chi connectivity index (χ0n) is 10.4. The number of anilines is 1. The van der Waals surface area contributed by atoms with Crippen molar-refractivity contribution >= 4 is 17.4 Å². The van der Waals surface area contributed by atoms with Gasteiger partial charge in [-0.25, -0.2) is 4.98 Å². The van der Waals surface area contributed by atoms with Gasteiger partial charge in [0.25, 0.3) is 0 Å². The van der Waals surface area contributed by atoms with Gasteiger partial charge in [-0.05, 0) is 25.8 Å². The molecule has 1 saturated heterocycles. The standard InChI is InChI=1S/C12H19ClN4O/c13-11-8-15-9-12(16-11)17-5-2-10(3-6-17)18-7-1-4-14/h8-10H,1-7,14H2. The first-order chi connectivity index (χ1) is 8.79. The summed E-state index contributed by atoms with van der Waals surface area (Å²) in [4.78, 5) is 10.5. The SMILES string of the molecule is NCCCOC1CCN(c2cncc(Cl)n2)CC1. The zero-order chi connectivity index (χ0) is 12.8. The third-order valence-electron chi connectivity index (χ3n) is 3.06. The van der Waals surface area contributed by atoms with Crippen LogP contribution in [0.25, 0.3) is 0 Å². The summed E-state index contributed by atoms with van der Waals surface area (Å²) in [5.41, 5.74) is 5.44. The number of hydrogen-bond donors (Lipinski definition) is 1. The molecule has 0 spiro atoms. The average molecular weight is 271 g/mol. The van der Waals surface area contributed by atoms with E-state index in [-0.39, 0.29) is 0 Å². The molecule has 6 heteroatoms. The van der Waals surface area contributed by atoms with Crippen LogP contribution in [0.1, 0.15) is 19.3 Å². The molecule has 0 unspecified atom stereocenters. The quantitative estimate of drug-likeness (QED) is 0.821. The summed E-state index contributed by atoms with van der Waals surface area (Å²) in [5.74, 6) is 0.850. The Labute approximate surface area is 112 Å². The molecule has 0 saturated carbocycles. The number of nitrogens with two attached hydrogens (primary N) is 1. The lowest BCUT2D eigenvalue weighted by molar-refractivity contribution is 0.0365. The number of ether oxygens (including phenoxy) is 1. The molecule has 1 aliphatic heterocycles. The molecule has 0 amide bonds. The van der Waals surface area contributed by atoms with E-state index in [0.29, 0.717) is 17.8 Å². The molecule has 0 aromatic carbocycles. The lowest BCUT2D eigenvalue weighted by atomic mass is 10.1. The third-order valence-corrected chi connectivity index (χ3v) is 3.24. The molecule has 0 bridgehead atoms. The highest BCUT2D eigenvalue weighted by atomic mass is 35.5. The van der Waals surface area contributed by atoms with Crippen molar-refractivity contribution in [2.45, 2.75) is 25.4 Å². The molecule has 1 aliphatic rings. The van der Waals surface area contributed by atoms with Crippen molar-refractivity contribution in [1.82, 2.24) is 9.97 Å². The second-order valence-electron chi connectivity index (χ2n) is 4.40. The largest absolute Gasteiger partial charge is 0.378 e. The van der Waals surface area contributed by atoms with Gasteiger partial charge in [-0.15, -0.1) is 0 Å². The predicted molar refractivity (Wildman–Crippen MR) is 71.9 cm³/mol. The molecule has 2 rings (SSSR count). The van der Waals surface area contributed by atoms with Gasteiger partial charge in [-0.2, -0.15) is 0 Å². The summed E-state index contributed by atoms with van der Waals surface area (Å²) in [5, 5.41) is 0.439. The first kappa shape index (κ1) is 13.5. The predicted octanol–water partition coefficient (Wildman–Crippen LogP) is 1.46. The molecule has 100 valence electrons. The highest BCUT2D eigenvalue weighted by Crippen LogP contribution is 2.20. The average Bonchev–Trinajstić information content (AvgIpc) is 2.40. The fourth-order valence-electron chi connectivity index (χ4n) is 2.07. The minimum atomic E-state index is 0.347. The molecular formula is C12H19ClN4O. The Kier molecular flexibility index (Phi) is 5.16. The maximum absolute atomic E-state index is 5.84. The van der Waals surface area contributed by atoms with Gasteiger partial charge in [-0.3, -0.25) is 4.98 Å². The van der Waals surface area contributed by atoms with Crippen molar-refractivity contribution in [3.8, 4) is 0 Å². The summed E-state index contributed by atoms with van der Waals surface area (Å²) in [6, 6.07) is 0. The normalized spacial score (nSPS) is 17.1. The van der Waals surface area contributed by atoms with E-state index in [0.717, 1.165) is 44.8 Å². The van der Waals surface area contributed by atoms with E-state index in [2.05, 4.69) is 14.9 Å². The third kappa shape index (κ3) is 3.80. The Bertz CT molecular complexity index is 369. The van der Waals surface area contributed by atoms with Crippen LogP contribution in [0.4, 0.5) is 5.82 Å². The summed E-state index contributed by atoms with van der Waals surface area (Å²) in [6.07, 6.45) is 6.60. The molecule has 1 fully saturated rings. The van der Waals surface area contributed by atoms with Crippen LogP contribution in [0.15, 0.2) is 12.4 Å². The van der Waals surface area contributed by atoms with Gasteiger partial charge in [0.2, 0.25) is 0 Å². The second kappa shape index (κ2) is 6.87. The van der Waals surface area contributed by atoms with E-state index >= 15 is 0 Å². The van der Waals surface area contributed by atoms with E-state index in [4.69, 9.17) is 22.1 Å². The Morgan fingerprint density at radius 2 is 2.17 bits per heavy atom. The lowest BCUT2D eigenvalue weighted by Crippen LogP contribution is -2.37. The number of rotatable bonds is 5. The van der Waals surface area contributed by atoms with Gasteiger partial charge >= 0.3 is 0 Å². The first-order valence-corrected chi connectivity index (χ1v) is 6.71. The Balaban J connectivity index is 1.79. The van der Waals surface area contributed by atoms with Crippen LogP contribution in [0, 0.1) is 0 Å². The zero-order valence-corrected chi connectivity index (χ0v) is 11.1. The van der Waals surface area contributed by atoms with Crippen LogP contribution >= 0.6 is 11.6 Å². The fourth-order valence-corrected chi connectivity index (χ4v) is 2.21. The van der Waals surface area contributed by atoms with Gasteiger partial charge in [0.15, 0.2) is 0 Å². The highest BCUT2D eigenvalue weighted by Gasteiger charge is 2.20. The minimum absolute atomic E-state index is 0.347. The Morgan fingerprint density at radius 1 is 1.39 bits per heavy atom. The van der Waals surface area contributed by atoms with Crippen LogP contribution in [0.2, 0.25) is 5.15 Å².